The number of tetrazole rings is 1. The molecule has 3 aromatic rings. The molecule has 172 valence electrons. The van der Waals surface area contributed by atoms with Crippen molar-refractivity contribution in [2.75, 3.05) is 42.5 Å². The number of para-hydroxylation sites is 1. The van der Waals surface area contributed by atoms with Gasteiger partial charge in [0.2, 0.25) is 0 Å². The van der Waals surface area contributed by atoms with Crippen molar-refractivity contribution in [2.45, 2.75) is 19.8 Å². The number of hydrogen-bond donors (Lipinski definition) is 3. The minimum atomic E-state index is -0.543. The number of aryl methyl sites for hydroxylation is 2. The maximum Gasteiger partial charge on any atom is 0.251 e. The van der Waals surface area contributed by atoms with E-state index in [2.05, 4.69) is 60.9 Å². The largest absolute Gasteiger partial charge is 0.368 e. The molecule has 1 aromatic heterocycles. The van der Waals surface area contributed by atoms with Gasteiger partial charge in [-0.25, -0.2) is 0 Å². The number of aromatic amines is 1. The Balaban J connectivity index is 1.38. The minimum absolute atomic E-state index is 0.249. The van der Waals surface area contributed by atoms with Crippen LogP contribution >= 0.6 is 0 Å². The Morgan fingerprint density at radius 2 is 1.79 bits per heavy atom. The van der Waals surface area contributed by atoms with Crippen LogP contribution in [0.4, 0.5) is 11.4 Å². The molecule has 0 unspecified atom stereocenters. The lowest BCUT2D eigenvalue weighted by Crippen LogP contribution is -2.47. The van der Waals surface area contributed by atoms with Crippen LogP contribution in [0.15, 0.2) is 42.5 Å². The highest BCUT2D eigenvalue weighted by Crippen LogP contribution is 2.26. The molecule has 2 aromatic carbocycles. The van der Waals surface area contributed by atoms with Crippen LogP contribution in [0.1, 0.15) is 38.5 Å². The summed E-state index contributed by atoms with van der Waals surface area (Å²) < 4.78 is 0. The molecule has 0 atom stereocenters. The molecule has 33 heavy (non-hydrogen) atoms. The first kappa shape index (κ1) is 22.3. The molecule has 4 N–H and O–H groups in total. The Bertz CT molecular complexity index is 1110. The van der Waals surface area contributed by atoms with Gasteiger partial charge >= 0.3 is 0 Å². The fourth-order valence-corrected chi connectivity index (χ4v) is 4.10. The molecule has 1 aliphatic heterocycles. The number of nitrogens with zero attached hydrogens (tertiary/aromatic N) is 5. The molecule has 0 saturated carbocycles. The first-order valence-corrected chi connectivity index (χ1v) is 11.0. The lowest BCUT2D eigenvalue weighted by Gasteiger charge is -2.38. The Kier molecular flexibility index (Phi) is 6.82. The number of carbonyl (C=O) groups is 2. The first-order valence-electron chi connectivity index (χ1n) is 11.0. The second-order valence-corrected chi connectivity index (χ2v) is 8.04. The zero-order chi connectivity index (χ0) is 23.2. The standard InChI is InChI=1S/C23H28N8O2/c1-16-5-2-3-6-19(16)30-11-13-31(14-12-30)20-9-8-17(15-18(20)22(24)32)23(33)25-10-4-7-21-26-28-29-27-21/h2-3,5-6,8-9,15H,4,7,10-14H2,1H3,(H2,24,32)(H,25,33)(H,26,27,28,29). The van der Waals surface area contributed by atoms with Gasteiger partial charge in [-0.05, 0) is 43.2 Å². The molecule has 4 rings (SSSR count). The summed E-state index contributed by atoms with van der Waals surface area (Å²) in [6.07, 6.45) is 1.29. The zero-order valence-corrected chi connectivity index (χ0v) is 18.6. The van der Waals surface area contributed by atoms with E-state index in [1.165, 1.54) is 11.3 Å². The normalized spacial score (nSPS) is 13.7. The fourth-order valence-electron chi connectivity index (χ4n) is 4.10. The molecule has 1 aliphatic rings. The lowest BCUT2D eigenvalue weighted by atomic mass is 10.0. The molecule has 1 fully saturated rings. The van der Waals surface area contributed by atoms with Crippen molar-refractivity contribution in [1.29, 1.82) is 0 Å². The molecule has 0 bridgehead atoms. The number of hydrogen-bond acceptors (Lipinski definition) is 7. The van der Waals surface area contributed by atoms with E-state index in [1.807, 2.05) is 12.1 Å². The number of carbonyl (C=O) groups excluding carboxylic acids is 2. The monoisotopic (exact) mass is 448 g/mol. The summed E-state index contributed by atoms with van der Waals surface area (Å²) in [7, 11) is 0. The zero-order valence-electron chi connectivity index (χ0n) is 18.6. The van der Waals surface area contributed by atoms with Crippen molar-refractivity contribution in [3.05, 3.63) is 65.0 Å². The molecule has 10 heteroatoms. The topological polar surface area (TPSA) is 133 Å². The molecule has 2 amide bonds. The Morgan fingerprint density at radius 3 is 2.45 bits per heavy atom. The van der Waals surface area contributed by atoms with E-state index >= 15 is 0 Å². The number of H-pyrrole nitrogens is 1. The summed E-state index contributed by atoms with van der Waals surface area (Å²) in [4.78, 5) is 29.3. The van der Waals surface area contributed by atoms with Crippen LogP contribution in [-0.4, -0.2) is 65.2 Å². The average molecular weight is 449 g/mol. The number of primary amides is 1. The third-order valence-electron chi connectivity index (χ3n) is 5.85. The molecular formula is C23H28N8O2. The molecule has 0 aliphatic carbocycles. The van der Waals surface area contributed by atoms with E-state index in [4.69, 9.17) is 5.73 Å². The quantitative estimate of drug-likeness (QED) is 0.442. The third kappa shape index (κ3) is 5.28. The summed E-state index contributed by atoms with van der Waals surface area (Å²) in [6.45, 7) is 5.77. The van der Waals surface area contributed by atoms with Gasteiger partial charge in [0.15, 0.2) is 5.82 Å². The predicted octanol–water partition coefficient (Wildman–Crippen LogP) is 1.30. The van der Waals surface area contributed by atoms with E-state index in [-0.39, 0.29) is 5.91 Å². The number of nitrogens with one attached hydrogen (secondary N) is 2. The van der Waals surface area contributed by atoms with Gasteiger partial charge < -0.3 is 20.9 Å². The van der Waals surface area contributed by atoms with Crippen molar-refractivity contribution < 1.29 is 9.59 Å². The molecule has 2 heterocycles. The van der Waals surface area contributed by atoms with Crippen LogP contribution in [0.5, 0.6) is 0 Å². The van der Waals surface area contributed by atoms with Gasteiger partial charge in [0.25, 0.3) is 11.8 Å². The SMILES string of the molecule is Cc1ccccc1N1CCN(c2ccc(C(=O)NCCCc3nn[nH]n3)cc2C(N)=O)CC1. The molecule has 0 spiro atoms. The van der Waals surface area contributed by atoms with E-state index in [0.29, 0.717) is 36.3 Å². The molecular weight excluding hydrogens is 420 g/mol. The van der Waals surface area contributed by atoms with Crippen molar-refractivity contribution >= 4 is 23.2 Å². The van der Waals surface area contributed by atoms with Crippen molar-refractivity contribution in [1.82, 2.24) is 25.9 Å². The van der Waals surface area contributed by atoms with Crippen molar-refractivity contribution in [3.63, 3.8) is 0 Å². The second kappa shape index (κ2) is 10.1. The van der Waals surface area contributed by atoms with Crippen LogP contribution in [0.25, 0.3) is 0 Å². The lowest BCUT2D eigenvalue weighted by molar-refractivity contribution is 0.0953. The summed E-state index contributed by atoms with van der Waals surface area (Å²) in [5.74, 6) is -0.188. The van der Waals surface area contributed by atoms with Gasteiger partial charge in [0.1, 0.15) is 0 Å². The highest BCUT2D eigenvalue weighted by molar-refractivity contribution is 6.03. The van der Waals surface area contributed by atoms with Gasteiger partial charge in [-0.15, -0.1) is 10.2 Å². The van der Waals surface area contributed by atoms with Gasteiger partial charge in [0, 0.05) is 56.1 Å². The first-order chi connectivity index (χ1) is 16.0. The third-order valence-corrected chi connectivity index (χ3v) is 5.85. The van der Waals surface area contributed by atoms with E-state index < -0.39 is 5.91 Å². The number of amides is 2. The van der Waals surface area contributed by atoms with Crippen molar-refractivity contribution in [2.24, 2.45) is 5.73 Å². The van der Waals surface area contributed by atoms with Gasteiger partial charge in [0.05, 0.1) is 5.56 Å². The van der Waals surface area contributed by atoms with E-state index in [0.717, 1.165) is 31.9 Å². The van der Waals surface area contributed by atoms with Crippen LogP contribution in [0.2, 0.25) is 0 Å². The van der Waals surface area contributed by atoms with Crippen LogP contribution < -0.4 is 20.9 Å². The number of piperazine rings is 1. The van der Waals surface area contributed by atoms with E-state index in [9.17, 15) is 9.59 Å². The summed E-state index contributed by atoms with van der Waals surface area (Å²) in [5, 5.41) is 16.5. The van der Waals surface area contributed by atoms with Crippen molar-refractivity contribution in [3.8, 4) is 0 Å². The van der Waals surface area contributed by atoms with Crippen LogP contribution in [-0.2, 0) is 6.42 Å². The highest BCUT2D eigenvalue weighted by Gasteiger charge is 2.22. The summed E-state index contributed by atoms with van der Waals surface area (Å²) in [6, 6.07) is 13.5. The Morgan fingerprint density at radius 1 is 1.06 bits per heavy atom. The number of rotatable bonds is 8. The van der Waals surface area contributed by atoms with Crippen LogP contribution in [0.3, 0.4) is 0 Å². The van der Waals surface area contributed by atoms with Crippen LogP contribution in [0, 0.1) is 6.92 Å². The molecule has 0 radical (unpaired) electrons. The van der Waals surface area contributed by atoms with E-state index in [1.54, 1.807) is 12.1 Å². The maximum absolute atomic E-state index is 12.6. The number of nitrogens with two attached hydrogens (primary N) is 1. The molecule has 1 saturated heterocycles. The summed E-state index contributed by atoms with van der Waals surface area (Å²) >= 11 is 0. The Hall–Kier alpha value is -3.95. The van der Waals surface area contributed by atoms with Gasteiger partial charge in [-0.3, -0.25) is 9.59 Å². The minimum Gasteiger partial charge on any atom is -0.368 e. The number of benzene rings is 2. The number of aromatic nitrogens is 4. The highest BCUT2D eigenvalue weighted by atomic mass is 16.2. The smallest absolute Gasteiger partial charge is 0.251 e. The van der Waals surface area contributed by atoms with Gasteiger partial charge in [-0.2, -0.15) is 5.21 Å². The summed E-state index contributed by atoms with van der Waals surface area (Å²) in [5.41, 5.74) is 9.69. The predicted molar refractivity (Wildman–Crippen MR) is 125 cm³/mol. The average Bonchev–Trinajstić information content (AvgIpc) is 3.35. The van der Waals surface area contributed by atoms with Gasteiger partial charge in [-0.1, -0.05) is 23.4 Å². The second-order valence-electron chi connectivity index (χ2n) is 8.04. The Labute approximate surface area is 192 Å². The fraction of sp³-hybridized carbons (Fsp3) is 0.348. The maximum atomic E-state index is 12.6. The molecule has 10 nitrogen and oxygen atoms in total. The number of anilines is 2.